The zero-order chi connectivity index (χ0) is 10.8. The van der Waals surface area contributed by atoms with Gasteiger partial charge in [-0.15, -0.1) is 0 Å². The van der Waals surface area contributed by atoms with E-state index in [2.05, 4.69) is 21.2 Å². The van der Waals surface area contributed by atoms with Gasteiger partial charge in [0.05, 0.1) is 12.7 Å². The van der Waals surface area contributed by atoms with Crippen LogP contribution in [0.2, 0.25) is 0 Å². The lowest BCUT2D eigenvalue weighted by Crippen LogP contribution is -2.23. The third kappa shape index (κ3) is 1.86. The van der Waals surface area contributed by atoms with E-state index >= 15 is 0 Å². The molecule has 4 heteroatoms. The topological polar surface area (TPSA) is 38.3 Å². The van der Waals surface area contributed by atoms with Crippen molar-refractivity contribution in [3.63, 3.8) is 0 Å². The second-order valence-electron chi connectivity index (χ2n) is 3.46. The first-order chi connectivity index (χ1) is 7.24. The summed E-state index contributed by atoms with van der Waals surface area (Å²) in [5, 5.41) is 2.87. The minimum Gasteiger partial charge on any atom is -0.496 e. The Bertz CT molecular complexity index is 404. The number of nitrogens with one attached hydrogen (secondary N) is 1. The Morgan fingerprint density at radius 1 is 1.47 bits per heavy atom. The average molecular weight is 270 g/mol. The van der Waals surface area contributed by atoms with Gasteiger partial charge in [0.25, 0.3) is 5.91 Å². The lowest BCUT2D eigenvalue weighted by Gasteiger charge is -2.11. The molecule has 0 aliphatic carbocycles. The molecular weight excluding hydrogens is 258 g/mol. The number of methoxy groups -OCH3 is 1. The highest BCUT2D eigenvalue weighted by molar-refractivity contribution is 9.10. The summed E-state index contributed by atoms with van der Waals surface area (Å²) in [5.74, 6) is 0.776. The molecular formula is C11H12BrNO2. The largest absolute Gasteiger partial charge is 0.496 e. The van der Waals surface area contributed by atoms with Gasteiger partial charge in [0.15, 0.2) is 0 Å². The number of carbonyl (C=O) groups is 1. The molecule has 1 amide bonds. The van der Waals surface area contributed by atoms with E-state index < -0.39 is 0 Å². The van der Waals surface area contributed by atoms with E-state index in [1.165, 1.54) is 0 Å². The Morgan fingerprint density at radius 3 is 3.00 bits per heavy atom. The molecule has 1 heterocycles. The predicted octanol–water partition coefficient (Wildman–Crippen LogP) is 2.13. The molecule has 0 saturated heterocycles. The fourth-order valence-corrected chi connectivity index (χ4v) is 2.39. The maximum absolute atomic E-state index is 11.8. The second-order valence-corrected chi connectivity index (χ2v) is 4.32. The van der Waals surface area contributed by atoms with E-state index in [0.29, 0.717) is 5.56 Å². The number of ether oxygens (including phenoxy) is 1. The summed E-state index contributed by atoms with van der Waals surface area (Å²) in [6.45, 7) is 0.725. The number of fused-ring (bicyclic) bond motifs is 1. The number of hydrogen-bond acceptors (Lipinski definition) is 2. The van der Waals surface area contributed by atoms with E-state index in [4.69, 9.17) is 4.74 Å². The average Bonchev–Trinajstić information content (AvgIpc) is 2.42. The Morgan fingerprint density at radius 2 is 2.27 bits per heavy atom. The van der Waals surface area contributed by atoms with Gasteiger partial charge < -0.3 is 10.1 Å². The highest BCUT2D eigenvalue weighted by Crippen LogP contribution is 2.31. The molecule has 0 bridgehead atoms. The van der Waals surface area contributed by atoms with Gasteiger partial charge in [-0.25, -0.2) is 0 Å². The van der Waals surface area contributed by atoms with Gasteiger partial charge in [-0.1, -0.05) is 0 Å². The molecule has 0 aromatic heterocycles. The summed E-state index contributed by atoms with van der Waals surface area (Å²) < 4.78 is 6.10. The Hall–Kier alpha value is -1.03. The summed E-state index contributed by atoms with van der Waals surface area (Å²) in [6.07, 6.45) is 1.82. The van der Waals surface area contributed by atoms with Crippen molar-refractivity contribution in [1.82, 2.24) is 5.32 Å². The highest BCUT2D eigenvalue weighted by atomic mass is 79.9. The maximum Gasteiger partial charge on any atom is 0.252 e. The molecule has 1 aromatic carbocycles. The van der Waals surface area contributed by atoms with E-state index in [1.54, 1.807) is 7.11 Å². The smallest absolute Gasteiger partial charge is 0.252 e. The van der Waals surface area contributed by atoms with Crippen molar-refractivity contribution in [2.24, 2.45) is 0 Å². The van der Waals surface area contributed by atoms with Crippen LogP contribution in [0.15, 0.2) is 16.6 Å². The second kappa shape index (κ2) is 4.23. The van der Waals surface area contributed by atoms with E-state index in [9.17, 15) is 4.79 Å². The number of benzene rings is 1. The third-order valence-corrected chi connectivity index (χ3v) is 3.22. The van der Waals surface area contributed by atoms with Crippen LogP contribution in [0, 0.1) is 0 Å². The molecule has 1 aliphatic heterocycles. The maximum atomic E-state index is 11.8. The number of amides is 1. The number of hydrogen-bond donors (Lipinski definition) is 1. The van der Waals surface area contributed by atoms with E-state index in [0.717, 1.165) is 35.2 Å². The van der Waals surface area contributed by atoms with Gasteiger partial charge in [0.2, 0.25) is 0 Å². The molecule has 3 nitrogen and oxygen atoms in total. The molecule has 0 spiro atoms. The molecule has 0 unspecified atom stereocenters. The zero-order valence-electron chi connectivity index (χ0n) is 8.47. The van der Waals surface area contributed by atoms with Gasteiger partial charge in [-0.2, -0.15) is 0 Å². The first-order valence-corrected chi connectivity index (χ1v) is 5.67. The quantitative estimate of drug-likeness (QED) is 0.849. The first kappa shape index (κ1) is 10.5. The molecule has 1 aromatic rings. The van der Waals surface area contributed by atoms with Crippen LogP contribution in [-0.2, 0) is 6.42 Å². The molecule has 0 atom stereocenters. The molecule has 1 aliphatic rings. The third-order valence-electron chi connectivity index (χ3n) is 2.56. The van der Waals surface area contributed by atoms with E-state index in [-0.39, 0.29) is 5.91 Å². The van der Waals surface area contributed by atoms with E-state index in [1.807, 2.05) is 12.1 Å². The summed E-state index contributed by atoms with van der Waals surface area (Å²) in [7, 11) is 1.63. The molecule has 0 saturated carbocycles. The summed E-state index contributed by atoms with van der Waals surface area (Å²) in [5.41, 5.74) is 1.72. The van der Waals surface area contributed by atoms with Crippen LogP contribution in [0.4, 0.5) is 0 Å². The Labute approximate surface area is 96.9 Å². The predicted molar refractivity (Wildman–Crippen MR) is 61.3 cm³/mol. The Balaban J connectivity index is 2.60. The number of halogens is 1. The van der Waals surface area contributed by atoms with Crippen LogP contribution in [0.25, 0.3) is 0 Å². The van der Waals surface area contributed by atoms with Crippen LogP contribution in [0.5, 0.6) is 5.75 Å². The normalized spacial score (nSPS) is 15.2. The zero-order valence-corrected chi connectivity index (χ0v) is 10.1. The van der Waals surface area contributed by atoms with Gasteiger partial charge in [0.1, 0.15) is 5.75 Å². The number of carbonyl (C=O) groups excluding carboxylic acids is 1. The molecule has 0 radical (unpaired) electrons. The molecule has 1 N–H and O–H groups in total. The fraction of sp³-hybridized carbons (Fsp3) is 0.364. The van der Waals surface area contributed by atoms with Crippen molar-refractivity contribution in [2.75, 3.05) is 13.7 Å². The van der Waals surface area contributed by atoms with Crippen molar-refractivity contribution in [3.8, 4) is 5.75 Å². The highest BCUT2D eigenvalue weighted by Gasteiger charge is 2.21. The van der Waals surface area contributed by atoms with Crippen molar-refractivity contribution >= 4 is 21.8 Å². The minimum atomic E-state index is -0.0201. The van der Waals surface area contributed by atoms with Crippen LogP contribution >= 0.6 is 15.9 Å². The lowest BCUT2D eigenvalue weighted by molar-refractivity contribution is 0.0955. The SMILES string of the molecule is COc1ccc(Br)c2c1CCCNC2=O. The van der Waals surface area contributed by atoms with Crippen LogP contribution in [0.1, 0.15) is 22.3 Å². The van der Waals surface area contributed by atoms with Crippen LogP contribution in [-0.4, -0.2) is 19.6 Å². The van der Waals surface area contributed by atoms with Crippen molar-refractivity contribution in [1.29, 1.82) is 0 Å². The van der Waals surface area contributed by atoms with Crippen LogP contribution in [0.3, 0.4) is 0 Å². The minimum absolute atomic E-state index is 0.0201. The van der Waals surface area contributed by atoms with Crippen molar-refractivity contribution in [3.05, 3.63) is 27.7 Å². The van der Waals surface area contributed by atoms with Crippen LogP contribution < -0.4 is 10.1 Å². The summed E-state index contributed by atoms with van der Waals surface area (Å²) in [4.78, 5) is 11.8. The fourth-order valence-electron chi connectivity index (χ4n) is 1.84. The van der Waals surface area contributed by atoms with Gasteiger partial charge in [-0.05, 0) is 40.9 Å². The van der Waals surface area contributed by atoms with Gasteiger partial charge >= 0.3 is 0 Å². The molecule has 2 rings (SSSR count). The summed E-state index contributed by atoms with van der Waals surface area (Å²) in [6, 6.07) is 3.74. The first-order valence-electron chi connectivity index (χ1n) is 4.87. The molecule has 80 valence electrons. The van der Waals surface area contributed by atoms with Gasteiger partial charge in [-0.3, -0.25) is 4.79 Å². The van der Waals surface area contributed by atoms with Crippen molar-refractivity contribution < 1.29 is 9.53 Å². The monoisotopic (exact) mass is 269 g/mol. The lowest BCUT2D eigenvalue weighted by atomic mass is 10.0. The Kier molecular flexibility index (Phi) is 2.95. The molecule has 0 fully saturated rings. The van der Waals surface area contributed by atoms with Crippen molar-refractivity contribution in [2.45, 2.75) is 12.8 Å². The standard InChI is InChI=1S/C11H12BrNO2/c1-15-9-5-4-8(12)10-7(9)3-2-6-13-11(10)14/h4-5H,2-3,6H2,1H3,(H,13,14). The van der Waals surface area contributed by atoms with Gasteiger partial charge in [0, 0.05) is 16.6 Å². The summed E-state index contributed by atoms with van der Waals surface area (Å²) >= 11 is 3.40. The number of rotatable bonds is 1. The molecule has 15 heavy (non-hydrogen) atoms.